The van der Waals surface area contributed by atoms with Gasteiger partial charge in [0.15, 0.2) is 0 Å². The van der Waals surface area contributed by atoms with E-state index >= 15 is 0 Å². The van der Waals surface area contributed by atoms with E-state index in [4.69, 9.17) is 11.5 Å². The van der Waals surface area contributed by atoms with Crippen molar-refractivity contribution in [1.82, 2.24) is 20.4 Å². The number of hydrogen-bond acceptors (Lipinski definition) is 7. The Morgan fingerprint density at radius 1 is 0.870 bits per heavy atom. The van der Waals surface area contributed by atoms with E-state index in [0.717, 1.165) is 16.3 Å². The number of piperazine rings is 1. The number of carbonyl (C=O) groups excluding carboxylic acids is 5. The fraction of sp³-hybridized carbons (Fsp3) is 0.341. The van der Waals surface area contributed by atoms with Crippen molar-refractivity contribution in [2.75, 3.05) is 19.6 Å². The van der Waals surface area contributed by atoms with Crippen LogP contribution < -0.4 is 22.1 Å². The van der Waals surface area contributed by atoms with Gasteiger partial charge in [0.25, 0.3) is 0 Å². The van der Waals surface area contributed by atoms with E-state index in [1.165, 1.54) is 53.1 Å². The number of aromatic hydroxyl groups is 1. The summed E-state index contributed by atoms with van der Waals surface area (Å²) in [6.07, 6.45) is 0.600. The van der Waals surface area contributed by atoms with Crippen molar-refractivity contribution in [3.63, 3.8) is 0 Å². The fourth-order valence-corrected chi connectivity index (χ4v) is 7.13. The first-order valence-electron chi connectivity index (χ1n) is 18.0. The molecular weight excluding hydrogens is 691 g/mol. The lowest BCUT2D eigenvalue weighted by Gasteiger charge is -2.45. The lowest BCUT2D eigenvalue weighted by Crippen LogP contribution is -2.66. The van der Waals surface area contributed by atoms with E-state index in [0.29, 0.717) is 17.5 Å². The molecule has 4 aromatic rings. The highest BCUT2D eigenvalue weighted by Crippen LogP contribution is 2.30. The van der Waals surface area contributed by atoms with Crippen LogP contribution >= 0.6 is 0 Å². The van der Waals surface area contributed by atoms with Gasteiger partial charge in [0.2, 0.25) is 29.5 Å². The molecule has 0 aromatic heterocycles. The second kappa shape index (κ2) is 17.8. The van der Waals surface area contributed by atoms with Crippen LogP contribution in [0.25, 0.3) is 10.8 Å². The molecule has 284 valence electrons. The number of rotatable bonds is 15. The summed E-state index contributed by atoms with van der Waals surface area (Å²) in [6.45, 7) is 3.39. The van der Waals surface area contributed by atoms with Crippen LogP contribution in [0.5, 0.6) is 5.75 Å². The Labute approximate surface area is 313 Å². The zero-order valence-corrected chi connectivity index (χ0v) is 30.4. The predicted molar refractivity (Wildman–Crippen MR) is 202 cm³/mol. The number of nitrogens with one attached hydrogen (secondary N) is 2. The van der Waals surface area contributed by atoms with Crippen molar-refractivity contribution >= 4 is 40.3 Å². The molecule has 0 saturated carbocycles. The summed E-state index contributed by atoms with van der Waals surface area (Å²) in [5.74, 6) is -3.74. The Kier molecular flexibility index (Phi) is 13.0. The second-order valence-corrected chi connectivity index (χ2v) is 13.8. The highest BCUT2D eigenvalue weighted by molar-refractivity contribution is 5.96. The molecule has 0 radical (unpaired) electrons. The van der Waals surface area contributed by atoms with Crippen LogP contribution in [0.1, 0.15) is 49.3 Å². The van der Waals surface area contributed by atoms with E-state index in [9.17, 15) is 33.5 Å². The Morgan fingerprint density at radius 3 is 2.13 bits per heavy atom. The average Bonchev–Trinajstić information content (AvgIpc) is 3.15. The molecule has 1 aliphatic rings. The van der Waals surface area contributed by atoms with Crippen molar-refractivity contribution in [1.29, 1.82) is 0 Å². The quantitative estimate of drug-likeness (QED) is 0.124. The van der Waals surface area contributed by atoms with Crippen LogP contribution in [-0.2, 0) is 36.8 Å². The molecule has 13 heteroatoms. The highest BCUT2D eigenvalue weighted by Gasteiger charge is 2.44. The van der Waals surface area contributed by atoms with Crippen LogP contribution in [0.2, 0.25) is 0 Å². The smallest absolute Gasteiger partial charge is 0.246 e. The number of hydrogen-bond donors (Lipinski definition) is 5. The lowest BCUT2D eigenvalue weighted by atomic mass is 9.88. The number of phenols is 1. The summed E-state index contributed by atoms with van der Waals surface area (Å²) in [7, 11) is 0. The number of amides is 5. The fourth-order valence-electron chi connectivity index (χ4n) is 7.13. The summed E-state index contributed by atoms with van der Waals surface area (Å²) in [4.78, 5) is 71.0. The zero-order chi connectivity index (χ0) is 38.9. The molecule has 1 aliphatic heterocycles. The molecule has 12 nitrogen and oxygen atoms in total. The van der Waals surface area contributed by atoms with Crippen LogP contribution in [0.3, 0.4) is 0 Å². The maximum Gasteiger partial charge on any atom is 0.246 e. The maximum absolute atomic E-state index is 14.6. The first-order valence-corrected chi connectivity index (χ1v) is 18.0. The van der Waals surface area contributed by atoms with Crippen LogP contribution in [-0.4, -0.2) is 88.2 Å². The number of primary amides is 1. The number of nitrogens with two attached hydrogens (primary N) is 2. The maximum atomic E-state index is 14.6. The van der Waals surface area contributed by atoms with E-state index < -0.39 is 65.4 Å². The first kappa shape index (κ1) is 39.4. The minimum absolute atomic E-state index is 0.00180. The van der Waals surface area contributed by atoms with Crippen molar-refractivity contribution in [3.8, 4) is 5.75 Å². The molecule has 0 aliphatic carbocycles. The zero-order valence-electron chi connectivity index (χ0n) is 30.4. The van der Waals surface area contributed by atoms with Gasteiger partial charge in [0.05, 0.1) is 0 Å². The monoisotopic (exact) mass is 738 g/mol. The lowest BCUT2D eigenvalue weighted by molar-refractivity contribution is -0.157. The van der Waals surface area contributed by atoms with Gasteiger partial charge in [-0.2, -0.15) is 0 Å². The molecule has 5 atom stereocenters. The van der Waals surface area contributed by atoms with E-state index in [1.807, 2.05) is 49.4 Å². The molecule has 1 fully saturated rings. The molecule has 0 spiro atoms. The number of phenolic OH excluding ortho intramolecular Hbond substituents is 1. The molecule has 5 rings (SSSR count). The molecule has 5 amide bonds. The van der Waals surface area contributed by atoms with Gasteiger partial charge in [-0.15, -0.1) is 0 Å². The highest BCUT2D eigenvalue weighted by atomic mass is 19.1. The summed E-state index contributed by atoms with van der Waals surface area (Å²) in [6, 6.07) is 21.0. The van der Waals surface area contributed by atoms with Crippen molar-refractivity contribution < 1.29 is 33.5 Å². The number of nitrogens with zero attached hydrogens (tertiary/aromatic N) is 2. The minimum Gasteiger partial charge on any atom is -0.508 e. The molecule has 5 unspecified atom stereocenters. The Balaban J connectivity index is 1.43. The minimum atomic E-state index is -1.22. The van der Waals surface area contributed by atoms with Crippen molar-refractivity contribution in [2.24, 2.45) is 11.5 Å². The molecule has 1 heterocycles. The van der Waals surface area contributed by atoms with E-state index in [2.05, 4.69) is 10.6 Å². The molecule has 54 heavy (non-hydrogen) atoms. The molecule has 4 aromatic carbocycles. The Morgan fingerprint density at radius 2 is 1.50 bits per heavy atom. The number of halogens is 1. The summed E-state index contributed by atoms with van der Waals surface area (Å²) >= 11 is 0. The number of carbonyl (C=O) groups is 5. The standard InChI is InChI=1S/C41H47FN6O6/c1-25(30-14-13-29-6-3-4-7-31(29)24-30)37(38(44)51)48-21-20-47(36(41(48)54)8-5-19-43)40(53)35(23-27-9-15-32(42)16-10-27)46-39(52)34(45-26(2)49)22-28-11-17-33(50)18-12-28/h3-4,6-7,9-18,24-25,34-37,50H,5,8,19-23,43H2,1-2H3,(H2,44,51)(H,45,49)(H,46,52). The topological polar surface area (TPSA) is 188 Å². The third kappa shape index (κ3) is 9.58. The van der Waals surface area contributed by atoms with E-state index in [1.54, 1.807) is 12.1 Å². The van der Waals surface area contributed by atoms with Crippen LogP contribution in [0.4, 0.5) is 4.39 Å². The van der Waals surface area contributed by atoms with Crippen molar-refractivity contribution in [2.45, 2.75) is 69.6 Å². The Hall–Kier alpha value is -5.82. The number of fused-ring (bicyclic) bond motifs is 1. The molecular formula is C41H47FN6O6. The van der Waals surface area contributed by atoms with Gasteiger partial charge in [-0.3, -0.25) is 24.0 Å². The van der Waals surface area contributed by atoms with Crippen molar-refractivity contribution in [3.05, 3.63) is 114 Å². The van der Waals surface area contributed by atoms with Gasteiger partial charge >= 0.3 is 0 Å². The van der Waals surface area contributed by atoms with Gasteiger partial charge in [-0.25, -0.2) is 4.39 Å². The summed E-state index contributed by atoms with van der Waals surface area (Å²) in [5, 5.41) is 17.2. The van der Waals surface area contributed by atoms with Gasteiger partial charge in [-0.1, -0.05) is 73.7 Å². The van der Waals surface area contributed by atoms with E-state index in [-0.39, 0.29) is 44.6 Å². The van der Waals surface area contributed by atoms with Crippen LogP contribution in [0.15, 0.2) is 91.0 Å². The van der Waals surface area contributed by atoms with Gasteiger partial charge in [-0.05, 0) is 71.1 Å². The SMILES string of the molecule is CC(=O)NC(Cc1ccc(O)cc1)C(=O)NC(Cc1ccc(F)cc1)C(=O)N1CCN(C(C(N)=O)C(C)c2ccc3ccccc3c2)C(=O)C1CCCN. The van der Waals surface area contributed by atoms with Gasteiger partial charge < -0.3 is 37.0 Å². The number of benzene rings is 4. The first-order chi connectivity index (χ1) is 25.9. The normalized spacial score (nSPS) is 16.7. The van der Waals surface area contributed by atoms with Gasteiger partial charge in [0, 0.05) is 38.8 Å². The molecule has 7 N–H and O–H groups in total. The third-order valence-electron chi connectivity index (χ3n) is 9.93. The summed E-state index contributed by atoms with van der Waals surface area (Å²) < 4.78 is 13.9. The van der Waals surface area contributed by atoms with Gasteiger partial charge in [0.1, 0.15) is 35.7 Å². The third-order valence-corrected chi connectivity index (χ3v) is 9.93. The average molecular weight is 739 g/mol. The second-order valence-electron chi connectivity index (χ2n) is 13.8. The van der Waals surface area contributed by atoms with Crippen LogP contribution in [0, 0.1) is 5.82 Å². The predicted octanol–water partition coefficient (Wildman–Crippen LogP) is 2.90. The summed E-state index contributed by atoms with van der Waals surface area (Å²) in [5.41, 5.74) is 13.9. The molecule has 0 bridgehead atoms. The Bertz CT molecular complexity index is 1970. The molecule has 1 saturated heterocycles. The largest absolute Gasteiger partial charge is 0.508 e.